The summed E-state index contributed by atoms with van der Waals surface area (Å²) >= 11 is 0. The second-order valence-corrected chi connectivity index (χ2v) is 7.52. The molecule has 4 heteroatoms. The first kappa shape index (κ1) is 17.4. The number of benzene rings is 1. The minimum absolute atomic E-state index is 0.134. The van der Waals surface area contributed by atoms with Gasteiger partial charge in [0.05, 0.1) is 12.1 Å². The van der Waals surface area contributed by atoms with Crippen molar-refractivity contribution in [2.45, 2.75) is 77.1 Å². The summed E-state index contributed by atoms with van der Waals surface area (Å²) in [7, 11) is 0. The molecule has 2 heterocycles. The third-order valence-corrected chi connectivity index (χ3v) is 5.65. The van der Waals surface area contributed by atoms with Crippen LogP contribution in [0.1, 0.15) is 52.0 Å². The smallest absolute Gasteiger partial charge is 0.244 e. The molecule has 2 aliphatic heterocycles. The number of para-hydroxylation sites is 1. The van der Waals surface area contributed by atoms with E-state index in [1.54, 1.807) is 0 Å². The van der Waals surface area contributed by atoms with Crippen LogP contribution in [0.25, 0.3) is 0 Å². The van der Waals surface area contributed by atoms with Crippen LogP contribution in [-0.4, -0.2) is 46.7 Å². The van der Waals surface area contributed by atoms with E-state index in [1.165, 1.54) is 5.56 Å². The van der Waals surface area contributed by atoms with Crippen molar-refractivity contribution in [1.29, 1.82) is 0 Å². The number of carbonyl (C=O) groups is 1. The molecule has 0 bridgehead atoms. The summed E-state index contributed by atoms with van der Waals surface area (Å²) in [6, 6.07) is 8.72. The third-order valence-electron chi connectivity index (χ3n) is 5.65. The van der Waals surface area contributed by atoms with Crippen LogP contribution in [-0.2, 0) is 11.2 Å². The monoisotopic (exact) mass is 330 g/mol. The van der Waals surface area contributed by atoms with Crippen molar-refractivity contribution < 1.29 is 9.90 Å². The maximum Gasteiger partial charge on any atom is 0.244 e. The zero-order valence-electron chi connectivity index (χ0n) is 15.1. The minimum atomic E-state index is -0.312. The minimum Gasteiger partial charge on any atom is -0.393 e. The Hall–Kier alpha value is -1.39. The molecule has 1 fully saturated rings. The summed E-state index contributed by atoms with van der Waals surface area (Å²) in [5.74, 6) is 0.201. The highest BCUT2D eigenvalue weighted by atomic mass is 16.3. The van der Waals surface area contributed by atoms with Crippen LogP contribution in [0.5, 0.6) is 0 Å². The molecule has 4 nitrogen and oxygen atoms in total. The van der Waals surface area contributed by atoms with E-state index in [2.05, 4.69) is 30.0 Å². The van der Waals surface area contributed by atoms with E-state index in [-0.39, 0.29) is 24.1 Å². The molecular formula is C20H30N2O2. The van der Waals surface area contributed by atoms with Gasteiger partial charge in [-0.25, -0.2) is 0 Å². The molecule has 3 rings (SSSR count). The van der Waals surface area contributed by atoms with E-state index in [0.29, 0.717) is 6.04 Å². The van der Waals surface area contributed by atoms with Gasteiger partial charge in [0.25, 0.3) is 0 Å². The molecule has 4 atom stereocenters. The molecule has 1 aromatic rings. The van der Waals surface area contributed by atoms with Crippen molar-refractivity contribution in [3.63, 3.8) is 0 Å². The summed E-state index contributed by atoms with van der Waals surface area (Å²) < 4.78 is 0. The Morgan fingerprint density at radius 3 is 2.79 bits per heavy atom. The molecule has 0 radical (unpaired) electrons. The number of amides is 1. The molecule has 1 N–H and O–H groups in total. The number of aliphatic hydroxyl groups excluding tert-OH is 1. The van der Waals surface area contributed by atoms with Crippen molar-refractivity contribution in [3.8, 4) is 0 Å². The Balaban J connectivity index is 1.80. The number of anilines is 1. The van der Waals surface area contributed by atoms with Gasteiger partial charge in [-0.15, -0.1) is 0 Å². The van der Waals surface area contributed by atoms with Crippen molar-refractivity contribution in [1.82, 2.24) is 4.90 Å². The SMILES string of the molecule is CC(O)CC1CCCN1C(C)C(=O)N1c2ccccc2CCC1C. The molecule has 0 aliphatic carbocycles. The van der Waals surface area contributed by atoms with Crippen LogP contribution in [0.15, 0.2) is 24.3 Å². The fourth-order valence-electron chi connectivity index (χ4n) is 4.38. The lowest BCUT2D eigenvalue weighted by Gasteiger charge is -2.40. The van der Waals surface area contributed by atoms with E-state index in [1.807, 2.05) is 24.8 Å². The van der Waals surface area contributed by atoms with Gasteiger partial charge >= 0.3 is 0 Å². The number of nitrogens with zero attached hydrogens (tertiary/aromatic N) is 2. The summed E-state index contributed by atoms with van der Waals surface area (Å²) in [5, 5.41) is 9.75. The van der Waals surface area contributed by atoms with Gasteiger partial charge in [-0.05, 0) is 71.0 Å². The van der Waals surface area contributed by atoms with E-state index in [9.17, 15) is 9.90 Å². The predicted octanol–water partition coefficient (Wildman–Crippen LogP) is 2.98. The van der Waals surface area contributed by atoms with Gasteiger partial charge in [-0.1, -0.05) is 18.2 Å². The van der Waals surface area contributed by atoms with Gasteiger partial charge in [-0.2, -0.15) is 0 Å². The van der Waals surface area contributed by atoms with Crippen molar-refractivity contribution in [2.75, 3.05) is 11.4 Å². The topological polar surface area (TPSA) is 43.8 Å². The number of rotatable bonds is 4. The lowest BCUT2D eigenvalue weighted by molar-refractivity contribution is -0.124. The lowest BCUT2D eigenvalue weighted by atomic mass is 9.95. The highest BCUT2D eigenvalue weighted by Crippen LogP contribution is 2.32. The summed E-state index contributed by atoms with van der Waals surface area (Å²) in [4.78, 5) is 17.6. The highest BCUT2D eigenvalue weighted by Gasteiger charge is 2.37. The molecule has 24 heavy (non-hydrogen) atoms. The van der Waals surface area contributed by atoms with E-state index in [0.717, 1.165) is 44.3 Å². The van der Waals surface area contributed by atoms with E-state index >= 15 is 0 Å². The Labute approximate surface area is 145 Å². The fraction of sp³-hybridized carbons (Fsp3) is 0.650. The largest absolute Gasteiger partial charge is 0.393 e. The summed E-state index contributed by atoms with van der Waals surface area (Å²) in [6.45, 7) is 6.98. The normalized spacial score (nSPS) is 26.9. The Morgan fingerprint density at radius 1 is 1.29 bits per heavy atom. The summed E-state index contributed by atoms with van der Waals surface area (Å²) in [5.41, 5.74) is 2.36. The number of aryl methyl sites for hydroxylation is 1. The predicted molar refractivity (Wildman–Crippen MR) is 97.2 cm³/mol. The van der Waals surface area contributed by atoms with Gasteiger partial charge in [0.15, 0.2) is 0 Å². The average molecular weight is 330 g/mol. The molecule has 0 spiro atoms. The second kappa shape index (κ2) is 7.24. The van der Waals surface area contributed by atoms with Crippen LogP contribution >= 0.6 is 0 Å². The molecule has 4 unspecified atom stereocenters. The average Bonchev–Trinajstić information content (AvgIpc) is 3.00. The van der Waals surface area contributed by atoms with Gasteiger partial charge < -0.3 is 10.0 Å². The first-order valence-electron chi connectivity index (χ1n) is 9.33. The summed E-state index contributed by atoms with van der Waals surface area (Å²) in [6.07, 6.45) is 4.70. The molecular weight excluding hydrogens is 300 g/mol. The maximum absolute atomic E-state index is 13.3. The van der Waals surface area contributed by atoms with Crippen molar-refractivity contribution in [2.24, 2.45) is 0 Å². The zero-order chi connectivity index (χ0) is 17.3. The van der Waals surface area contributed by atoms with Crippen LogP contribution in [0, 0.1) is 0 Å². The number of hydrogen-bond donors (Lipinski definition) is 1. The molecule has 1 aromatic carbocycles. The Morgan fingerprint density at radius 2 is 2.04 bits per heavy atom. The zero-order valence-corrected chi connectivity index (χ0v) is 15.1. The van der Waals surface area contributed by atoms with Crippen molar-refractivity contribution in [3.05, 3.63) is 29.8 Å². The fourth-order valence-corrected chi connectivity index (χ4v) is 4.38. The molecule has 0 aromatic heterocycles. The maximum atomic E-state index is 13.3. The van der Waals surface area contributed by atoms with Gasteiger partial charge in [-0.3, -0.25) is 9.69 Å². The lowest BCUT2D eigenvalue weighted by Crippen LogP contribution is -2.53. The van der Waals surface area contributed by atoms with Gasteiger partial charge in [0.1, 0.15) is 0 Å². The number of likely N-dealkylation sites (tertiary alicyclic amines) is 1. The Kier molecular flexibility index (Phi) is 5.26. The van der Waals surface area contributed by atoms with Crippen LogP contribution < -0.4 is 4.90 Å². The van der Waals surface area contributed by atoms with Crippen LogP contribution in [0.2, 0.25) is 0 Å². The van der Waals surface area contributed by atoms with E-state index in [4.69, 9.17) is 0 Å². The highest BCUT2D eigenvalue weighted by molar-refractivity contribution is 5.98. The number of aliphatic hydroxyl groups is 1. The van der Waals surface area contributed by atoms with Crippen LogP contribution in [0.4, 0.5) is 5.69 Å². The number of carbonyl (C=O) groups excluding carboxylic acids is 1. The molecule has 0 saturated carbocycles. The van der Waals surface area contributed by atoms with E-state index < -0.39 is 0 Å². The number of hydrogen-bond acceptors (Lipinski definition) is 3. The third kappa shape index (κ3) is 3.35. The standard InChI is InChI=1S/C20H30N2O2/c1-14-10-11-17-7-4-5-9-19(17)22(14)20(24)16(3)21-12-6-8-18(21)13-15(2)23/h4-5,7,9,14-16,18,23H,6,8,10-13H2,1-3H3. The molecule has 1 amide bonds. The molecule has 2 aliphatic rings. The molecule has 132 valence electrons. The van der Waals surface area contributed by atoms with Gasteiger partial charge in [0.2, 0.25) is 5.91 Å². The Bertz CT molecular complexity index is 587. The first-order valence-corrected chi connectivity index (χ1v) is 9.33. The van der Waals surface area contributed by atoms with Gasteiger partial charge in [0, 0.05) is 17.8 Å². The van der Waals surface area contributed by atoms with Crippen molar-refractivity contribution >= 4 is 11.6 Å². The second-order valence-electron chi connectivity index (χ2n) is 7.52. The quantitative estimate of drug-likeness (QED) is 0.923. The van der Waals surface area contributed by atoms with Crippen LogP contribution in [0.3, 0.4) is 0 Å². The number of fused-ring (bicyclic) bond motifs is 1. The molecule has 1 saturated heterocycles. The first-order chi connectivity index (χ1) is 11.5.